The Hall–Kier alpha value is -1.24. The van der Waals surface area contributed by atoms with Crippen LogP contribution in [0.15, 0.2) is 0 Å². The lowest BCUT2D eigenvalue weighted by molar-refractivity contribution is -0.143. The minimum absolute atomic E-state index is 0.0312. The maximum atomic E-state index is 12.3. The maximum Gasteiger partial charge on any atom is 0.308 e. The molecule has 7 heteroatoms. The Morgan fingerprint density at radius 3 is 2.75 bits per heavy atom. The number of hydrogen-bond donors (Lipinski definition) is 2. The van der Waals surface area contributed by atoms with Crippen molar-refractivity contribution in [2.45, 2.75) is 44.7 Å². The lowest BCUT2D eigenvalue weighted by atomic mass is 10.0. The summed E-state index contributed by atoms with van der Waals surface area (Å²) in [6, 6.07) is -0.758. The highest BCUT2D eigenvalue weighted by Gasteiger charge is 2.38. The molecule has 1 aliphatic heterocycles. The Balaban J connectivity index is 1.97. The summed E-state index contributed by atoms with van der Waals surface area (Å²) in [7, 11) is 0. The number of nitrogens with one attached hydrogen (secondary N) is 1. The van der Waals surface area contributed by atoms with Crippen LogP contribution in [-0.4, -0.2) is 51.5 Å². The summed E-state index contributed by atoms with van der Waals surface area (Å²) >= 11 is 1.56. The predicted octanol–water partition coefficient (Wildman–Crippen LogP) is 0.667. The summed E-state index contributed by atoms with van der Waals surface area (Å²) in [5.41, 5.74) is 0. The fourth-order valence-corrected chi connectivity index (χ4v) is 4.00. The zero-order valence-electron chi connectivity index (χ0n) is 11.5. The van der Waals surface area contributed by atoms with Crippen LogP contribution in [0, 0.1) is 5.92 Å². The molecule has 1 saturated carbocycles. The summed E-state index contributed by atoms with van der Waals surface area (Å²) < 4.78 is 0. The molecule has 2 aliphatic rings. The Morgan fingerprint density at radius 1 is 1.35 bits per heavy atom. The molecule has 0 radical (unpaired) electrons. The molecule has 1 unspecified atom stereocenters. The van der Waals surface area contributed by atoms with Crippen molar-refractivity contribution >= 4 is 29.5 Å². The Labute approximate surface area is 122 Å². The molecule has 0 aromatic heterocycles. The van der Waals surface area contributed by atoms with E-state index in [0.717, 1.165) is 6.42 Å². The monoisotopic (exact) mass is 300 g/mol. The van der Waals surface area contributed by atoms with Crippen LogP contribution in [0.25, 0.3) is 0 Å². The molecule has 6 nitrogen and oxygen atoms in total. The van der Waals surface area contributed by atoms with Gasteiger partial charge in [-0.3, -0.25) is 14.4 Å². The second kappa shape index (κ2) is 6.47. The molecule has 0 aromatic carbocycles. The fraction of sp³-hybridized carbons (Fsp3) is 0.769. The van der Waals surface area contributed by atoms with Crippen molar-refractivity contribution in [3.05, 3.63) is 0 Å². The van der Waals surface area contributed by atoms with Crippen molar-refractivity contribution in [3.63, 3.8) is 0 Å². The van der Waals surface area contributed by atoms with Gasteiger partial charge >= 0.3 is 5.97 Å². The van der Waals surface area contributed by atoms with Gasteiger partial charge in [0.25, 0.3) is 0 Å². The van der Waals surface area contributed by atoms with Gasteiger partial charge in [-0.05, 0) is 12.8 Å². The van der Waals surface area contributed by atoms with Gasteiger partial charge in [-0.15, -0.1) is 11.8 Å². The first kappa shape index (κ1) is 15.2. The predicted molar refractivity (Wildman–Crippen MR) is 75.2 cm³/mol. The van der Waals surface area contributed by atoms with Gasteiger partial charge in [-0.2, -0.15) is 0 Å². The summed E-state index contributed by atoms with van der Waals surface area (Å²) in [6.07, 6.45) is 2.51. The van der Waals surface area contributed by atoms with Crippen LogP contribution in [0.3, 0.4) is 0 Å². The van der Waals surface area contributed by atoms with Gasteiger partial charge in [0.2, 0.25) is 11.8 Å². The van der Waals surface area contributed by atoms with E-state index in [9.17, 15) is 14.4 Å². The van der Waals surface area contributed by atoms with E-state index in [0.29, 0.717) is 30.9 Å². The molecule has 0 spiro atoms. The van der Waals surface area contributed by atoms with Gasteiger partial charge < -0.3 is 15.3 Å². The second-order valence-corrected chi connectivity index (χ2v) is 6.22. The highest BCUT2D eigenvalue weighted by molar-refractivity contribution is 7.99. The van der Waals surface area contributed by atoms with E-state index in [1.54, 1.807) is 23.6 Å². The molecule has 1 aliphatic carbocycles. The zero-order valence-corrected chi connectivity index (χ0v) is 12.3. The topological polar surface area (TPSA) is 86.7 Å². The normalized spacial score (nSPS) is 29.4. The average molecular weight is 300 g/mol. The molecule has 2 rings (SSSR count). The first-order chi connectivity index (χ1) is 9.54. The van der Waals surface area contributed by atoms with E-state index >= 15 is 0 Å². The highest BCUT2D eigenvalue weighted by Crippen LogP contribution is 2.27. The van der Waals surface area contributed by atoms with Gasteiger partial charge in [0.15, 0.2) is 0 Å². The third-order valence-electron chi connectivity index (χ3n) is 3.97. The first-order valence-corrected chi connectivity index (χ1v) is 8.10. The average Bonchev–Trinajstić information content (AvgIpc) is 3.05. The van der Waals surface area contributed by atoms with Crippen LogP contribution < -0.4 is 5.32 Å². The maximum absolute atomic E-state index is 12.3. The molecule has 2 fully saturated rings. The third-order valence-corrected chi connectivity index (χ3v) is 4.98. The van der Waals surface area contributed by atoms with E-state index < -0.39 is 17.9 Å². The van der Waals surface area contributed by atoms with E-state index in [2.05, 4.69) is 5.32 Å². The lowest BCUT2D eigenvalue weighted by Crippen LogP contribution is -2.51. The van der Waals surface area contributed by atoms with E-state index in [1.165, 1.54) is 0 Å². The van der Waals surface area contributed by atoms with Crippen LogP contribution in [-0.2, 0) is 14.4 Å². The van der Waals surface area contributed by atoms with Crippen molar-refractivity contribution < 1.29 is 19.5 Å². The van der Waals surface area contributed by atoms with Crippen LogP contribution >= 0.6 is 11.8 Å². The molecule has 1 saturated heterocycles. The number of carbonyl (C=O) groups is 3. The van der Waals surface area contributed by atoms with Crippen molar-refractivity contribution in [3.8, 4) is 0 Å². The number of carbonyl (C=O) groups excluding carboxylic acids is 2. The molecule has 20 heavy (non-hydrogen) atoms. The van der Waals surface area contributed by atoms with E-state index in [1.807, 2.05) is 0 Å². The van der Waals surface area contributed by atoms with Crippen molar-refractivity contribution in [1.29, 1.82) is 0 Å². The number of rotatable bonds is 4. The second-order valence-electron chi connectivity index (χ2n) is 5.22. The molecule has 2 amide bonds. The van der Waals surface area contributed by atoms with Gasteiger partial charge in [0.05, 0.1) is 11.8 Å². The third kappa shape index (κ3) is 3.08. The number of nitrogens with zero attached hydrogens (tertiary/aromatic N) is 1. The number of aliphatic carboxylic acids is 1. The first-order valence-electron chi connectivity index (χ1n) is 6.95. The standard InChI is InChI=1S/C13H20N2O4S/c1-2-11(16)15-7-20-6-10(15)12(17)14-9-5-3-4-8(9)13(18)19/h8-10H,2-7H2,1H3,(H,14,17)(H,18,19)/t8-,9+,10?/m0/s1. The molecule has 0 aromatic rings. The summed E-state index contributed by atoms with van der Waals surface area (Å²) in [6.45, 7) is 1.78. The molecular formula is C13H20N2O4S. The van der Waals surface area contributed by atoms with Crippen molar-refractivity contribution in [2.75, 3.05) is 11.6 Å². The van der Waals surface area contributed by atoms with Gasteiger partial charge in [0, 0.05) is 18.2 Å². The summed E-state index contributed by atoms with van der Waals surface area (Å²) in [5.74, 6) is -0.468. The fourth-order valence-electron chi connectivity index (χ4n) is 2.82. The number of carboxylic acids is 1. The SMILES string of the molecule is CCC(=O)N1CSCC1C(=O)N[C@@H]1CCC[C@@H]1C(=O)O. The Morgan fingerprint density at radius 2 is 2.10 bits per heavy atom. The largest absolute Gasteiger partial charge is 0.481 e. The molecule has 1 heterocycles. The minimum atomic E-state index is -0.852. The van der Waals surface area contributed by atoms with Crippen molar-refractivity contribution in [1.82, 2.24) is 10.2 Å². The molecule has 0 bridgehead atoms. The number of amides is 2. The summed E-state index contributed by atoms with van der Waals surface area (Å²) in [4.78, 5) is 36.8. The van der Waals surface area contributed by atoms with Gasteiger partial charge in [0.1, 0.15) is 6.04 Å². The van der Waals surface area contributed by atoms with Crippen LogP contribution in [0.2, 0.25) is 0 Å². The Bertz CT molecular complexity index is 415. The number of thioether (sulfide) groups is 1. The highest BCUT2D eigenvalue weighted by atomic mass is 32.2. The van der Waals surface area contributed by atoms with Gasteiger partial charge in [-0.1, -0.05) is 13.3 Å². The lowest BCUT2D eigenvalue weighted by Gasteiger charge is -2.25. The molecule has 112 valence electrons. The molecular weight excluding hydrogens is 280 g/mol. The Kier molecular flexibility index (Phi) is 4.91. The quantitative estimate of drug-likeness (QED) is 0.797. The number of hydrogen-bond acceptors (Lipinski definition) is 4. The van der Waals surface area contributed by atoms with Gasteiger partial charge in [-0.25, -0.2) is 0 Å². The van der Waals surface area contributed by atoms with Crippen LogP contribution in [0.4, 0.5) is 0 Å². The van der Waals surface area contributed by atoms with E-state index in [-0.39, 0.29) is 17.9 Å². The van der Waals surface area contributed by atoms with E-state index in [4.69, 9.17) is 5.11 Å². The van der Waals surface area contributed by atoms with Crippen molar-refractivity contribution in [2.24, 2.45) is 5.92 Å². The minimum Gasteiger partial charge on any atom is -0.481 e. The zero-order chi connectivity index (χ0) is 14.7. The summed E-state index contributed by atoms with van der Waals surface area (Å²) in [5, 5.41) is 12.0. The van der Waals surface area contributed by atoms with Crippen LogP contribution in [0.5, 0.6) is 0 Å². The molecule has 3 atom stereocenters. The van der Waals surface area contributed by atoms with Crippen LogP contribution in [0.1, 0.15) is 32.6 Å². The molecule has 2 N–H and O–H groups in total. The number of carboxylic acid groups (broad SMARTS) is 1. The smallest absolute Gasteiger partial charge is 0.308 e.